The summed E-state index contributed by atoms with van der Waals surface area (Å²) >= 11 is 0. The van der Waals surface area contributed by atoms with Crippen molar-refractivity contribution in [3.63, 3.8) is 0 Å². The molecule has 3 saturated heterocycles. The van der Waals surface area contributed by atoms with Crippen LogP contribution >= 0.6 is 0 Å². The minimum Gasteiger partial charge on any atom is -0.369 e. The van der Waals surface area contributed by atoms with Gasteiger partial charge in [0.25, 0.3) is 0 Å². The van der Waals surface area contributed by atoms with Crippen molar-refractivity contribution in [3.05, 3.63) is 48.8 Å². The Balaban J connectivity index is 1.33. The van der Waals surface area contributed by atoms with Gasteiger partial charge in [0.05, 0.1) is 23.1 Å². The molecule has 2 aromatic rings. The molecular formula is C19H22N4O3S. The van der Waals surface area contributed by atoms with Gasteiger partial charge < -0.3 is 9.64 Å². The van der Waals surface area contributed by atoms with Crippen molar-refractivity contribution in [2.45, 2.75) is 29.4 Å². The number of ether oxygens (including phenoxy) is 1. The van der Waals surface area contributed by atoms with Gasteiger partial charge >= 0.3 is 0 Å². The van der Waals surface area contributed by atoms with Crippen LogP contribution in [0.25, 0.3) is 0 Å². The van der Waals surface area contributed by atoms with Crippen LogP contribution in [0.1, 0.15) is 12.8 Å². The fraction of sp³-hybridized carbons (Fsp3) is 0.474. The first kappa shape index (κ1) is 17.1. The van der Waals surface area contributed by atoms with Crippen LogP contribution in [0.4, 0.5) is 5.95 Å². The third-order valence-electron chi connectivity index (χ3n) is 6.18. The first-order valence-corrected chi connectivity index (χ1v) is 10.8. The van der Waals surface area contributed by atoms with Crippen LogP contribution in [-0.2, 0) is 14.8 Å². The highest BCUT2D eigenvalue weighted by molar-refractivity contribution is 7.89. The number of hydrogen-bond donors (Lipinski definition) is 1. The molecule has 0 amide bonds. The highest BCUT2D eigenvalue weighted by Gasteiger charge is 2.63. The van der Waals surface area contributed by atoms with Crippen LogP contribution in [0.2, 0.25) is 0 Å². The second-order valence-corrected chi connectivity index (χ2v) is 9.39. The summed E-state index contributed by atoms with van der Waals surface area (Å²) in [6.45, 7) is 1.98. The van der Waals surface area contributed by atoms with E-state index in [-0.39, 0.29) is 17.6 Å². The molecule has 4 heterocycles. The molecule has 8 heteroatoms. The smallest absolute Gasteiger partial charge is 0.240 e. The predicted molar refractivity (Wildman–Crippen MR) is 99.7 cm³/mol. The molecule has 3 aliphatic heterocycles. The molecule has 1 N–H and O–H groups in total. The average molecular weight is 386 g/mol. The molecule has 1 spiro atoms. The lowest BCUT2D eigenvalue weighted by Crippen LogP contribution is -2.41. The molecule has 1 aromatic heterocycles. The van der Waals surface area contributed by atoms with Gasteiger partial charge in [-0.25, -0.2) is 23.1 Å². The fourth-order valence-corrected chi connectivity index (χ4v) is 6.05. The van der Waals surface area contributed by atoms with Crippen molar-refractivity contribution in [1.29, 1.82) is 0 Å². The number of benzene rings is 1. The van der Waals surface area contributed by atoms with Gasteiger partial charge in [-0.3, -0.25) is 0 Å². The van der Waals surface area contributed by atoms with E-state index in [1.807, 2.05) is 12.1 Å². The molecule has 0 aliphatic carbocycles. The molecular weight excluding hydrogens is 364 g/mol. The summed E-state index contributed by atoms with van der Waals surface area (Å²) in [6, 6.07) is 10.3. The van der Waals surface area contributed by atoms with Gasteiger partial charge in [-0.2, -0.15) is 0 Å². The maximum absolute atomic E-state index is 12.6. The monoisotopic (exact) mass is 386 g/mol. The summed E-state index contributed by atoms with van der Waals surface area (Å²) in [7, 11) is -3.51. The van der Waals surface area contributed by atoms with Crippen molar-refractivity contribution in [2.24, 2.45) is 11.8 Å². The maximum atomic E-state index is 12.6. The topological polar surface area (TPSA) is 84.4 Å². The molecule has 0 radical (unpaired) electrons. The zero-order valence-electron chi connectivity index (χ0n) is 14.9. The minimum atomic E-state index is -3.51. The fourth-order valence-electron chi connectivity index (χ4n) is 4.96. The van der Waals surface area contributed by atoms with Crippen molar-refractivity contribution in [2.75, 3.05) is 24.5 Å². The van der Waals surface area contributed by atoms with E-state index in [0.29, 0.717) is 17.4 Å². The van der Waals surface area contributed by atoms with Gasteiger partial charge in [0.1, 0.15) is 0 Å². The zero-order chi connectivity index (χ0) is 18.5. The van der Waals surface area contributed by atoms with Gasteiger partial charge in [-0.15, -0.1) is 0 Å². The Kier molecular flexibility index (Phi) is 3.96. The number of anilines is 1. The van der Waals surface area contributed by atoms with E-state index in [4.69, 9.17) is 4.74 Å². The molecule has 0 unspecified atom stereocenters. The maximum Gasteiger partial charge on any atom is 0.240 e. The molecule has 5 rings (SSSR count). The van der Waals surface area contributed by atoms with E-state index in [1.165, 1.54) is 0 Å². The van der Waals surface area contributed by atoms with Crippen LogP contribution in [0.5, 0.6) is 0 Å². The van der Waals surface area contributed by atoms with Crippen LogP contribution < -0.4 is 9.62 Å². The minimum absolute atomic E-state index is 0.132. The van der Waals surface area contributed by atoms with Crippen LogP contribution in [0.3, 0.4) is 0 Å². The molecule has 0 saturated carbocycles. The standard InChI is InChI=1S/C19H22N4O3S/c24-27(25,14-5-2-1-3-6-14)22-11-15-16-12-23(18-20-9-4-10-21-18)13-19(16)8-7-17(15)26-19/h1-6,9-10,15-17,22H,7-8,11-13H2/t15-,16+,17+,19+/m0/s1. The Bertz CT molecular complexity index is 924. The lowest BCUT2D eigenvalue weighted by atomic mass is 9.74. The molecule has 7 nitrogen and oxygen atoms in total. The number of nitrogens with zero attached hydrogens (tertiary/aromatic N) is 3. The number of rotatable bonds is 5. The molecule has 3 fully saturated rings. The molecule has 142 valence electrons. The Labute approximate surface area is 158 Å². The van der Waals surface area contributed by atoms with E-state index >= 15 is 0 Å². The van der Waals surface area contributed by atoms with Gasteiger partial charge in [0.15, 0.2) is 0 Å². The first-order chi connectivity index (χ1) is 13.1. The van der Waals surface area contributed by atoms with Crippen LogP contribution in [-0.4, -0.2) is 49.7 Å². The number of fused-ring (bicyclic) bond motifs is 1. The summed E-state index contributed by atoms with van der Waals surface area (Å²) in [6.07, 6.45) is 5.63. The summed E-state index contributed by atoms with van der Waals surface area (Å²) in [4.78, 5) is 11.2. The van der Waals surface area contributed by atoms with Gasteiger partial charge in [-0.1, -0.05) is 18.2 Å². The van der Waals surface area contributed by atoms with Crippen LogP contribution in [0, 0.1) is 11.8 Å². The van der Waals surface area contributed by atoms with Crippen LogP contribution in [0.15, 0.2) is 53.7 Å². The Morgan fingerprint density at radius 3 is 2.74 bits per heavy atom. The highest BCUT2D eigenvalue weighted by Crippen LogP contribution is 2.54. The van der Waals surface area contributed by atoms with Gasteiger partial charge in [0, 0.05) is 37.3 Å². The Morgan fingerprint density at radius 1 is 1.19 bits per heavy atom. The normalized spacial score (nSPS) is 32.0. The van der Waals surface area contributed by atoms with Gasteiger partial charge in [0.2, 0.25) is 16.0 Å². The lowest BCUT2D eigenvalue weighted by Gasteiger charge is -2.29. The van der Waals surface area contributed by atoms with E-state index < -0.39 is 10.0 Å². The average Bonchev–Trinajstić information content (AvgIpc) is 3.36. The zero-order valence-corrected chi connectivity index (χ0v) is 15.7. The highest BCUT2D eigenvalue weighted by atomic mass is 32.2. The quantitative estimate of drug-likeness (QED) is 0.837. The van der Waals surface area contributed by atoms with E-state index in [9.17, 15) is 8.42 Å². The molecule has 1 aromatic carbocycles. The number of nitrogens with one attached hydrogen (secondary N) is 1. The Hall–Kier alpha value is -2.03. The number of aromatic nitrogens is 2. The van der Waals surface area contributed by atoms with Crippen molar-refractivity contribution < 1.29 is 13.2 Å². The summed E-state index contributed by atoms with van der Waals surface area (Å²) < 4.78 is 34.4. The second kappa shape index (κ2) is 6.25. The van der Waals surface area contributed by atoms with E-state index in [1.54, 1.807) is 36.7 Å². The van der Waals surface area contributed by atoms with E-state index in [2.05, 4.69) is 19.6 Å². The summed E-state index contributed by atoms with van der Waals surface area (Å²) in [5.74, 6) is 1.18. The molecule has 3 aliphatic rings. The Morgan fingerprint density at radius 2 is 1.96 bits per heavy atom. The number of hydrogen-bond acceptors (Lipinski definition) is 6. The largest absolute Gasteiger partial charge is 0.369 e. The second-order valence-electron chi connectivity index (χ2n) is 7.62. The van der Waals surface area contributed by atoms with Crippen molar-refractivity contribution >= 4 is 16.0 Å². The third-order valence-corrected chi connectivity index (χ3v) is 7.62. The molecule has 27 heavy (non-hydrogen) atoms. The SMILES string of the molecule is O=S(=O)(NC[C@H]1[C@H]2CN(c3ncccn3)C[C@]23CC[C@H]1O3)c1ccccc1. The molecule has 2 bridgehead atoms. The lowest BCUT2D eigenvalue weighted by molar-refractivity contribution is 0.0141. The third kappa shape index (κ3) is 2.83. The first-order valence-electron chi connectivity index (χ1n) is 9.32. The molecule has 4 atom stereocenters. The van der Waals surface area contributed by atoms with Crippen molar-refractivity contribution in [3.8, 4) is 0 Å². The summed E-state index contributed by atoms with van der Waals surface area (Å²) in [5, 5.41) is 0. The summed E-state index contributed by atoms with van der Waals surface area (Å²) in [5.41, 5.74) is -0.188. The van der Waals surface area contributed by atoms with Crippen molar-refractivity contribution in [1.82, 2.24) is 14.7 Å². The number of sulfonamides is 1. The predicted octanol–water partition coefficient (Wildman–Crippen LogP) is 1.44. The van der Waals surface area contributed by atoms with Gasteiger partial charge in [-0.05, 0) is 31.0 Å². The van der Waals surface area contributed by atoms with E-state index in [0.717, 1.165) is 31.9 Å².